The molecule has 1 aliphatic heterocycles. The van der Waals surface area contributed by atoms with Gasteiger partial charge in [0.1, 0.15) is 0 Å². The van der Waals surface area contributed by atoms with Crippen LogP contribution in [0.1, 0.15) is 23.2 Å². The van der Waals surface area contributed by atoms with Crippen LogP contribution in [-0.2, 0) is 6.54 Å². The molecule has 158 valence electrons. The Morgan fingerprint density at radius 1 is 1.16 bits per heavy atom. The van der Waals surface area contributed by atoms with E-state index in [-0.39, 0.29) is 5.91 Å². The van der Waals surface area contributed by atoms with Gasteiger partial charge in [-0.1, -0.05) is 0 Å². The van der Waals surface area contributed by atoms with Crippen molar-refractivity contribution in [3.05, 3.63) is 72.9 Å². The SMILES string of the molecule is O=C(Nc1ccc2[nH]ncc2c1)c1ccc(N2CCC(O)(Cn3ccnc3)CC2)cc1. The summed E-state index contributed by atoms with van der Waals surface area (Å²) < 4.78 is 1.92. The van der Waals surface area contributed by atoms with Crippen molar-refractivity contribution >= 4 is 28.2 Å². The molecule has 1 fully saturated rings. The number of carbonyl (C=O) groups excluding carboxylic acids is 1. The van der Waals surface area contributed by atoms with Gasteiger partial charge in [0.2, 0.25) is 0 Å². The first-order valence-corrected chi connectivity index (χ1v) is 10.4. The van der Waals surface area contributed by atoms with Gasteiger partial charge in [0, 0.05) is 47.8 Å². The maximum atomic E-state index is 12.6. The molecule has 0 aliphatic carbocycles. The summed E-state index contributed by atoms with van der Waals surface area (Å²) in [5.41, 5.74) is 2.61. The van der Waals surface area contributed by atoms with Gasteiger partial charge < -0.3 is 19.9 Å². The number of aromatic nitrogens is 4. The molecule has 0 saturated carbocycles. The van der Waals surface area contributed by atoms with Crippen LogP contribution in [0.5, 0.6) is 0 Å². The van der Waals surface area contributed by atoms with Crippen molar-refractivity contribution in [1.29, 1.82) is 0 Å². The lowest BCUT2D eigenvalue weighted by Crippen LogP contribution is -2.46. The van der Waals surface area contributed by atoms with E-state index in [4.69, 9.17) is 0 Å². The monoisotopic (exact) mass is 416 g/mol. The van der Waals surface area contributed by atoms with E-state index in [9.17, 15) is 9.90 Å². The second-order valence-corrected chi connectivity index (χ2v) is 8.12. The molecule has 8 heteroatoms. The molecule has 0 unspecified atom stereocenters. The summed E-state index contributed by atoms with van der Waals surface area (Å²) >= 11 is 0. The van der Waals surface area contributed by atoms with E-state index in [1.54, 1.807) is 18.7 Å². The summed E-state index contributed by atoms with van der Waals surface area (Å²) in [5, 5.41) is 21.7. The van der Waals surface area contributed by atoms with Crippen LogP contribution < -0.4 is 10.2 Å². The van der Waals surface area contributed by atoms with Crippen LogP contribution in [0.15, 0.2) is 67.4 Å². The molecule has 2 aromatic heterocycles. The number of hydrogen-bond donors (Lipinski definition) is 3. The van der Waals surface area contributed by atoms with Gasteiger partial charge in [-0.3, -0.25) is 9.89 Å². The van der Waals surface area contributed by atoms with Gasteiger partial charge in [-0.05, 0) is 55.3 Å². The zero-order valence-corrected chi connectivity index (χ0v) is 17.0. The molecule has 4 aromatic rings. The Balaban J connectivity index is 1.20. The third kappa shape index (κ3) is 4.15. The fourth-order valence-corrected chi connectivity index (χ4v) is 4.11. The molecule has 1 amide bonds. The number of fused-ring (bicyclic) bond motifs is 1. The Kier molecular flexibility index (Phi) is 4.91. The molecule has 5 rings (SSSR count). The maximum Gasteiger partial charge on any atom is 0.255 e. The van der Waals surface area contributed by atoms with E-state index in [0.717, 1.165) is 35.4 Å². The summed E-state index contributed by atoms with van der Waals surface area (Å²) in [4.78, 5) is 18.9. The van der Waals surface area contributed by atoms with Gasteiger partial charge in [-0.2, -0.15) is 5.10 Å². The molecule has 31 heavy (non-hydrogen) atoms. The van der Waals surface area contributed by atoms with E-state index in [2.05, 4.69) is 25.4 Å². The molecule has 8 nitrogen and oxygen atoms in total. The number of piperidine rings is 1. The van der Waals surface area contributed by atoms with Crippen molar-refractivity contribution < 1.29 is 9.90 Å². The Labute approximate surface area is 179 Å². The molecule has 3 N–H and O–H groups in total. The van der Waals surface area contributed by atoms with Crippen LogP contribution in [0.25, 0.3) is 10.9 Å². The lowest BCUT2D eigenvalue weighted by molar-refractivity contribution is -0.0000748. The van der Waals surface area contributed by atoms with E-state index < -0.39 is 5.60 Å². The second kappa shape index (κ2) is 7.88. The van der Waals surface area contributed by atoms with E-state index >= 15 is 0 Å². The minimum Gasteiger partial charge on any atom is -0.388 e. The van der Waals surface area contributed by atoms with Crippen LogP contribution in [0.3, 0.4) is 0 Å². The number of amides is 1. The van der Waals surface area contributed by atoms with Crippen LogP contribution >= 0.6 is 0 Å². The Morgan fingerprint density at radius 2 is 1.97 bits per heavy atom. The Bertz CT molecular complexity index is 1170. The number of nitrogens with zero attached hydrogens (tertiary/aromatic N) is 4. The molecule has 0 atom stereocenters. The number of aliphatic hydroxyl groups is 1. The van der Waals surface area contributed by atoms with Crippen LogP contribution in [-0.4, -0.2) is 49.5 Å². The average Bonchev–Trinajstić information content (AvgIpc) is 3.46. The van der Waals surface area contributed by atoms with Crippen molar-refractivity contribution in [2.24, 2.45) is 0 Å². The summed E-state index contributed by atoms with van der Waals surface area (Å²) in [7, 11) is 0. The number of anilines is 2. The number of carbonyl (C=O) groups is 1. The normalized spacial score (nSPS) is 15.8. The number of H-pyrrole nitrogens is 1. The maximum absolute atomic E-state index is 12.6. The smallest absolute Gasteiger partial charge is 0.255 e. The summed E-state index contributed by atoms with van der Waals surface area (Å²) in [6.07, 6.45) is 8.44. The number of rotatable bonds is 5. The Morgan fingerprint density at radius 3 is 2.71 bits per heavy atom. The van der Waals surface area contributed by atoms with E-state index in [0.29, 0.717) is 24.9 Å². The summed E-state index contributed by atoms with van der Waals surface area (Å²) in [5.74, 6) is -0.150. The van der Waals surface area contributed by atoms with Gasteiger partial charge >= 0.3 is 0 Å². The molecule has 0 radical (unpaired) electrons. The number of benzene rings is 2. The second-order valence-electron chi connectivity index (χ2n) is 8.12. The van der Waals surface area contributed by atoms with Crippen molar-refractivity contribution in [3.8, 4) is 0 Å². The zero-order chi connectivity index (χ0) is 21.3. The first-order valence-electron chi connectivity index (χ1n) is 10.4. The number of nitrogens with one attached hydrogen (secondary N) is 2. The molecular formula is C23H24N6O2. The van der Waals surface area contributed by atoms with Crippen molar-refractivity contribution in [3.63, 3.8) is 0 Å². The van der Waals surface area contributed by atoms with Crippen LogP contribution in [0, 0.1) is 0 Å². The highest BCUT2D eigenvalue weighted by atomic mass is 16.3. The quantitative estimate of drug-likeness (QED) is 0.464. The average molecular weight is 416 g/mol. The van der Waals surface area contributed by atoms with Gasteiger partial charge in [0.15, 0.2) is 0 Å². The molecule has 0 spiro atoms. The molecule has 3 heterocycles. The topological polar surface area (TPSA) is 99.1 Å². The number of aromatic amines is 1. The molecule has 1 saturated heterocycles. The minimum absolute atomic E-state index is 0.150. The third-order valence-corrected chi connectivity index (χ3v) is 5.92. The van der Waals surface area contributed by atoms with Crippen LogP contribution in [0.2, 0.25) is 0 Å². The van der Waals surface area contributed by atoms with Crippen molar-refractivity contribution in [1.82, 2.24) is 19.7 Å². The fourth-order valence-electron chi connectivity index (χ4n) is 4.11. The highest BCUT2D eigenvalue weighted by Crippen LogP contribution is 2.28. The predicted octanol–water partition coefficient (Wildman–Crippen LogP) is 3.04. The van der Waals surface area contributed by atoms with Gasteiger partial charge in [0.05, 0.1) is 30.2 Å². The number of hydrogen-bond acceptors (Lipinski definition) is 5. The lowest BCUT2D eigenvalue weighted by Gasteiger charge is -2.39. The number of imidazole rings is 1. The first-order chi connectivity index (χ1) is 15.1. The standard InChI is InChI=1S/C23H24N6O2/c30-22(26-19-3-6-21-18(13-19)14-25-27-21)17-1-4-20(5-2-17)29-10-7-23(31,8-11-29)15-28-12-9-24-16-28/h1-6,9,12-14,16,31H,7-8,10-11,15H2,(H,25,27)(H,26,30). The predicted molar refractivity (Wildman–Crippen MR) is 119 cm³/mol. The van der Waals surface area contributed by atoms with Gasteiger partial charge in [-0.25, -0.2) is 4.98 Å². The van der Waals surface area contributed by atoms with Crippen molar-refractivity contribution in [2.75, 3.05) is 23.3 Å². The van der Waals surface area contributed by atoms with E-state index in [1.807, 2.05) is 53.2 Å². The Hall–Kier alpha value is -3.65. The highest BCUT2D eigenvalue weighted by molar-refractivity contribution is 6.05. The van der Waals surface area contributed by atoms with Crippen LogP contribution in [0.4, 0.5) is 11.4 Å². The zero-order valence-electron chi connectivity index (χ0n) is 17.0. The molecular weight excluding hydrogens is 392 g/mol. The third-order valence-electron chi connectivity index (χ3n) is 5.92. The molecule has 0 bridgehead atoms. The fraction of sp³-hybridized carbons (Fsp3) is 0.261. The summed E-state index contributed by atoms with van der Waals surface area (Å²) in [6.45, 7) is 2.09. The summed E-state index contributed by atoms with van der Waals surface area (Å²) in [6, 6.07) is 13.3. The van der Waals surface area contributed by atoms with E-state index in [1.165, 1.54) is 0 Å². The highest BCUT2D eigenvalue weighted by Gasteiger charge is 2.32. The largest absolute Gasteiger partial charge is 0.388 e. The van der Waals surface area contributed by atoms with Crippen molar-refractivity contribution in [2.45, 2.75) is 25.0 Å². The minimum atomic E-state index is -0.715. The van der Waals surface area contributed by atoms with Gasteiger partial charge in [0.25, 0.3) is 5.91 Å². The molecule has 1 aliphatic rings. The first kappa shape index (κ1) is 19.3. The van der Waals surface area contributed by atoms with Gasteiger partial charge in [-0.15, -0.1) is 0 Å². The lowest BCUT2D eigenvalue weighted by atomic mass is 9.91. The molecule has 2 aromatic carbocycles.